The predicted molar refractivity (Wildman–Crippen MR) is 122 cm³/mol. The second-order valence-electron chi connectivity index (χ2n) is 7.43. The fourth-order valence-corrected chi connectivity index (χ4v) is 3.90. The lowest BCUT2D eigenvalue weighted by atomic mass is 10.2. The Morgan fingerprint density at radius 2 is 2.00 bits per heavy atom. The number of fused-ring (bicyclic) bond motifs is 1. The average molecular weight is 460 g/mol. The van der Waals surface area contributed by atoms with E-state index in [1.165, 1.54) is 0 Å². The molecule has 146 valence electrons. The summed E-state index contributed by atoms with van der Waals surface area (Å²) in [5.41, 5.74) is 9.83. The van der Waals surface area contributed by atoms with Crippen molar-refractivity contribution in [3.05, 3.63) is 50.9 Å². The first-order chi connectivity index (χ1) is 13.1. The standard InChI is InChI=1S/C21H22BrN3O2S/c1-12-9-17-18(11-15(12)23)28-19(24-17)8-6-13-5-7-16(14(22)10-13)25-20(26)27-21(2,3)4/h5-11H,23H2,1-4H3,(H,25,26). The van der Waals surface area contributed by atoms with Crippen LogP contribution in [0.2, 0.25) is 0 Å². The maximum Gasteiger partial charge on any atom is 0.412 e. The number of amides is 1. The number of nitrogens with two attached hydrogens (primary N) is 1. The third kappa shape index (κ3) is 5.11. The lowest BCUT2D eigenvalue weighted by Gasteiger charge is -2.20. The van der Waals surface area contributed by atoms with Gasteiger partial charge in [-0.1, -0.05) is 12.1 Å². The maximum atomic E-state index is 11.9. The van der Waals surface area contributed by atoms with Crippen LogP contribution in [0, 0.1) is 6.92 Å². The highest BCUT2D eigenvalue weighted by molar-refractivity contribution is 9.10. The molecule has 0 saturated carbocycles. The Morgan fingerprint density at radius 3 is 2.68 bits per heavy atom. The lowest BCUT2D eigenvalue weighted by Crippen LogP contribution is -2.27. The van der Waals surface area contributed by atoms with Crippen LogP contribution in [0.25, 0.3) is 22.4 Å². The zero-order chi connectivity index (χ0) is 20.5. The van der Waals surface area contributed by atoms with Gasteiger partial charge in [-0.3, -0.25) is 5.32 Å². The molecule has 0 aliphatic carbocycles. The Balaban J connectivity index is 1.74. The van der Waals surface area contributed by atoms with E-state index in [0.717, 1.165) is 36.5 Å². The van der Waals surface area contributed by atoms with Crippen LogP contribution in [0.15, 0.2) is 34.8 Å². The van der Waals surface area contributed by atoms with E-state index in [1.54, 1.807) is 11.3 Å². The number of aryl methyl sites for hydroxylation is 1. The molecule has 5 nitrogen and oxygen atoms in total. The molecular formula is C21H22BrN3O2S. The van der Waals surface area contributed by atoms with Crippen LogP contribution in [0.5, 0.6) is 0 Å². The molecule has 0 radical (unpaired) electrons. The third-order valence-electron chi connectivity index (χ3n) is 3.84. The topological polar surface area (TPSA) is 77.2 Å². The zero-order valence-electron chi connectivity index (χ0n) is 16.2. The van der Waals surface area contributed by atoms with E-state index < -0.39 is 11.7 Å². The van der Waals surface area contributed by atoms with Crippen LogP contribution < -0.4 is 11.1 Å². The summed E-state index contributed by atoms with van der Waals surface area (Å²) in [5.74, 6) is 0. The minimum atomic E-state index is -0.542. The fourth-order valence-electron chi connectivity index (χ4n) is 2.50. The van der Waals surface area contributed by atoms with Gasteiger partial charge < -0.3 is 10.5 Å². The second-order valence-corrected chi connectivity index (χ2v) is 9.34. The third-order valence-corrected chi connectivity index (χ3v) is 5.48. The van der Waals surface area contributed by atoms with Crippen molar-refractivity contribution in [3.8, 4) is 0 Å². The van der Waals surface area contributed by atoms with Crippen LogP contribution in [0.4, 0.5) is 16.2 Å². The number of nitrogens with zero attached hydrogens (tertiary/aromatic N) is 1. The summed E-state index contributed by atoms with van der Waals surface area (Å²) >= 11 is 5.09. The predicted octanol–water partition coefficient (Wildman–Crippen LogP) is 6.47. The highest BCUT2D eigenvalue weighted by atomic mass is 79.9. The van der Waals surface area contributed by atoms with Gasteiger partial charge in [0, 0.05) is 10.2 Å². The number of rotatable bonds is 3. The number of aromatic nitrogens is 1. The van der Waals surface area contributed by atoms with Crippen molar-refractivity contribution in [3.63, 3.8) is 0 Å². The number of halogens is 1. The molecule has 0 spiro atoms. The molecule has 1 amide bonds. The largest absolute Gasteiger partial charge is 0.444 e. The second kappa shape index (κ2) is 7.93. The summed E-state index contributed by atoms with van der Waals surface area (Å²) in [7, 11) is 0. The number of thiazole rings is 1. The highest BCUT2D eigenvalue weighted by Gasteiger charge is 2.17. The summed E-state index contributed by atoms with van der Waals surface area (Å²) < 4.78 is 7.12. The SMILES string of the molecule is Cc1cc2nc(C=Cc3ccc(NC(=O)OC(C)(C)C)c(Br)c3)sc2cc1N. The van der Waals surface area contributed by atoms with Gasteiger partial charge in [-0.05, 0) is 85.1 Å². The van der Waals surface area contributed by atoms with Gasteiger partial charge in [-0.15, -0.1) is 11.3 Å². The molecule has 7 heteroatoms. The highest BCUT2D eigenvalue weighted by Crippen LogP contribution is 2.29. The van der Waals surface area contributed by atoms with E-state index in [1.807, 2.05) is 70.2 Å². The monoisotopic (exact) mass is 459 g/mol. The van der Waals surface area contributed by atoms with Crippen LogP contribution in [0.3, 0.4) is 0 Å². The van der Waals surface area contributed by atoms with E-state index in [4.69, 9.17) is 10.5 Å². The van der Waals surface area contributed by atoms with Crippen LogP contribution in [-0.4, -0.2) is 16.7 Å². The number of ether oxygens (including phenoxy) is 1. The van der Waals surface area contributed by atoms with E-state index >= 15 is 0 Å². The van der Waals surface area contributed by atoms with Gasteiger partial charge in [0.15, 0.2) is 0 Å². The fraction of sp³-hybridized carbons (Fsp3) is 0.238. The smallest absolute Gasteiger partial charge is 0.412 e. The van der Waals surface area contributed by atoms with E-state index in [-0.39, 0.29) is 0 Å². The molecule has 1 aromatic heterocycles. The first kappa shape index (κ1) is 20.4. The Morgan fingerprint density at radius 1 is 1.25 bits per heavy atom. The van der Waals surface area contributed by atoms with Gasteiger partial charge in [-0.2, -0.15) is 0 Å². The molecule has 0 aliphatic heterocycles. The van der Waals surface area contributed by atoms with Crippen molar-refractivity contribution in [1.82, 2.24) is 4.98 Å². The van der Waals surface area contributed by atoms with Gasteiger partial charge in [-0.25, -0.2) is 9.78 Å². The molecule has 2 aromatic carbocycles. The molecule has 1 heterocycles. The summed E-state index contributed by atoms with van der Waals surface area (Å²) in [4.78, 5) is 16.6. The molecule has 3 aromatic rings. The van der Waals surface area contributed by atoms with Crippen molar-refractivity contribution >= 4 is 67.1 Å². The van der Waals surface area contributed by atoms with Gasteiger partial charge in [0.05, 0.1) is 15.9 Å². The van der Waals surface area contributed by atoms with E-state index in [9.17, 15) is 4.79 Å². The van der Waals surface area contributed by atoms with Crippen LogP contribution in [0.1, 0.15) is 36.9 Å². The minimum absolute atomic E-state index is 0.486. The Kier molecular flexibility index (Phi) is 5.76. The number of nitrogens with one attached hydrogen (secondary N) is 1. The molecule has 0 atom stereocenters. The number of carbonyl (C=O) groups is 1. The molecule has 0 saturated heterocycles. The van der Waals surface area contributed by atoms with Crippen LogP contribution >= 0.6 is 27.3 Å². The van der Waals surface area contributed by atoms with Gasteiger partial charge in [0.2, 0.25) is 0 Å². The summed E-state index contributed by atoms with van der Waals surface area (Å²) in [6.45, 7) is 7.46. The number of anilines is 2. The Hall–Kier alpha value is -2.38. The number of nitrogen functional groups attached to an aromatic ring is 1. The summed E-state index contributed by atoms with van der Waals surface area (Å²) in [6.07, 6.45) is 3.47. The lowest BCUT2D eigenvalue weighted by molar-refractivity contribution is 0.0636. The number of hydrogen-bond acceptors (Lipinski definition) is 5. The van der Waals surface area contributed by atoms with Crippen molar-refractivity contribution in [2.75, 3.05) is 11.1 Å². The molecule has 3 rings (SSSR count). The van der Waals surface area contributed by atoms with Crippen molar-refractivity contribution in [2.24, 2.45) is 0 Å². The maximum absolute atomic E-state index is 11.9. The number of benzene rings is 2. The zero-order valence-corrected chi connectivity index (χ0v) is 18.6. The van der Waals surface area contributed by atoms with Gasteiger partial charge in [0.25, 0.3) is 0 Å². The van der Waals surface area contributed by atoms with E-state index in [2.05, 4.69) is 26.2 Å². The van der Waals surface area contributed by atoms with Gasteiger partial charge >= 0.3 is 6.09 Å². The Labute approximate surface area is 176 Å². The molecule has 0 fully saturated rings. The van der Waals surface area contributed by atoms with E-state index in [0.29, 0.717) is 5.69 Å². The average Bonchev–Trinajstić information content (AvgIpc) is 2.95. The summed E-state index contributed by atoms with van der Waals surface area (Å²) in [6, 6.07) is 9.65. The molecule has 0 bridgehead atoms. The normalized spacial score (nSPS) is 11.9. The first-order valence-electron chi connectivity index (χ1n) is 8.75. The molecule has 0 aliphatic rings. The summed E-state index contributed by atoms with van der Waals surface area (Å²) in [5, 5.41) is 3.65. The van der Waals surface area contributed by atoms with Crippen molar-refractivity contribution in [1.29, 1.82) is 0 Å². The Bertz CT molecular complexity index is 1030. The number of hydrogen-bond donors (Lipinski definition) is 2. The first-order valence-corrected chi connectivity index (χ1v) is 10.4. The molecule has 0 unspecified atom stereocenters. The number of carbonyl (C=O) groups excluding carboxylic acids is 1. The van der Waals surface area contributed by atoms with Crippen molar-refractivity contribution in [2.45, 2.75) is 33.3 Å². The van der Waals surface area contributed by atoms with Crippen LogP contribution in [-0.2, 0) is 4.74 Å². The van der Waals surface area contributed by atoms with Gasteiger partial charge in [0.1, 0.15) is 10.6 Å². The minimum Gasteiger partial charge on any atom is -0.444 e. The quantitative estimate of drug-likeness (QED) is 0.440. The van der Waals surface area contributed by atoms with Crippen molar-refractivity contribution < 1.29 is 9.53 Å². The molecule has 28 heavy (non-hydrogen) atoms. The molecular weight excluding hydrogens is 438 g/mol. The molecule has 3 N–H and O–H groups in total.